The summed E-state index contributed by atoms with van der Waals surface area (Å²) in [5.74, 6) is -1.15. The second-order valence-electron chi connectivity index (χ2n) is 8.22. The minimum absolute atomic E-state index is 0.00853. The fraction of sp³-hybridized carbons (Fsp3) is 0.107. The number of rotatable bonds is 9. The Morgan fingerprint density at radius 1 is 0.784 bits per heavy atom. The molecule has 2 atom stereocenters. The quantitative estimate of drug-likeness (QED) is 0.181. The van der Waals surface area contributed by atoms with Crippen molar-refractivity contribution in [1.29, 1.82) is 0 Å². The molecule has 4 aromatic carbocycles. The summed E-state index contributed by atoms with van der Waals surface area (Å²) in [5, 5.41) is 0. The fourth-order valence-electron chi connectivity index (χ4n) is 3.83. The predicted octanol–water partition coefficient (Wildman–Crippen LogP) is 7.47. The van der Waals surface area contributed by atoms with E-state index in [4.69, 9.17) is 9.05 Å². The van der Waals surface area contributed by atoms with Gasteiger partial charge in [-0.1, -0.05) is 78.9 Å². The molecule has 0 aliphatic rings. The Kier molecular flexibility index (Phi) is 7.81. The van der Waals surface area contributed by atoms with Crippen LogP contribution in [-0.2, 0) is 17.2 Å². The smallest absolute Gasteiger partial charge is 0.395 e. The number of phosphoric acid groups is 1. The van der Waals surface area contributed by atoms with Crippen LogP contribution in [0.25, 0.3) is 0 Å². The van der Waals surface area contributed by atoms with Gasteiger partial charge >= 0.3 is 14.0 Å². The molecule has 4 aromatic rings. The molecule has 0 amide bonds. The normalized spacial score (nSPS) is 13.8. The van der Waals surface area contributed by atoms with E-state index in [2.05, 4.69) is 0 Å². The Hall–Kier alpha value is -3.87. The standard InChI is InChI=1S/C28H22F3O5P/c29-28(30,31)23-13-8-12-22(19-23)26(27(32)21-10-3-1-4-11-21)18-20-9-7-16-25(17-20)36-37(33,34)35-24-14-5-2-6-15-24/h1-17,19,26H,18H2,(H,33,34). The molecule has 190 valence electrons. The summed E-state index contributed by atoms with van der Waals surface area (Å²) in [6.45, 7) is 0. The molecule has 9 heteroatoms. The zero-order valence-electron chi connectivity index (χ0n) is 19.3. The second kappa shape index (κ2) is 11.0. The van der Waals surface area contributed by atoms with Gasteiger partial charge in [0.25, 0.3) is 0 Å². The highest BCUT2D eigenvalue weighted by Gasteiger charge is 2.32. The lowest BCUT2D eigenvalue weighted by Gasteiger charge is -2.19. The van der Waals surface area contributed by atoms with Gasteiger partial charge in [0.2, 0.25) is 0 Å². The Bertz CT molecular complexity index is 1410. The topological polar surface area (TPSA) is 72.8 Å². The van der Waals surface area contributed by atoms with Crippen molar-refractivity contribution in [3.8, 4) is 11.5 Å². The maximum Gasteiger partial charge on any atom is 0.584 e. The second-order valence-corrected chi connectivity index (χ2v) is 9.52. The van der Waals surface area contributed by atoms with Crippen molar-refractivity contribution in [2.75, 3.05) is 0 Å². The number of para-hydroxylation sites is 1. The first-order valence-corrected chi connectivity index (χ1v) is 12.7. The van der Waals surface area contributed by atoms with Gasteiger partial charge in [-0.2, -0.15) is 13.2 Å². The highest BCUT2D eigenvalue weighted by atomic mass is 31.2. The zero-order valence-corrected chi connectivity index (χ0v) is 20.2. The molecule has 0 aliphatic heterocycles. The Morgan fingerprint density at radius 2 is 1.38 bits per heavy atom. The van der Waals surface area contributed by atoms with Gasteiger partial charge in [-0.3, -0.25) is 9.69 Å². The number of Topliss-reactive ketones (excluding diaryl/α,β-unsaturated/α-hetero) is 1. The number of carbonyl (C=O) groups is 1. The van der Waals surface area contributed by atoms with E-state index in [-0.39, 0.29) is 29.3 Å². The van der Waals surface area contributed by atoms with Crippen LogP contribution in [0, 0.1) is 0 Å². The molecule has 0 saturated carbocycles. The van der Waals surface area contributed by atoms with Crippen LogP contribution in [-0.4, -0.2) is 10.7 Å². The van der Waals surface area contributed by atoms with Gasteiger partial charge in [-0.15, -0.1) is 0 Å². The number of benzene rings is 4. The third-order valence-corrected chi connectivity index (χ3v) is 6.40. The maximum absolute atomic E-state index is 13.4. The van der Waals surface area contributed by atoms with Crippen molar-refractivity contribution in [1.82, 2.24) is 0 Å². The van der Waals surface area contributed by atoms with E-state index in [0.717, 1.165) is 12.1 Å². The molecule has 0 spiro atoms. The summed E-state index contributed by atoms with van der Waals surface area (Å²) >= 11 is 0. The van der Waals surface area contributed by atoms with Crippen LogP contribution < -0.4 is 9.05 Å². The van der Waals surface area contributed by atoms with E-state index in [0.29, 0.717) is 11.1 Å². The fourth-order valence-corrected chi connectivity index (χ4v) is 4.63. The van der Waals surface area contributed by atoms with Crippen molar-refractivity contribution in [2.24, 2.45) is 0 Å². The monoisotopic (exact) mass is 526 g/mol. The van der Waals surface area contributed by atoms with Gasteiger partial charge in [0, 0.05) is 5.56 Å². The van der Waals surface area contributed by atoms with Crippen molar-refractivity contribution in [3.05, 3.63) is 131 Å². The SMILES string of the molecule is O=C(c1ccccc1)C(Cc1cccc(OP(=O)(O)Oc2ccccc2)c1)c1cccc(C(F)(F)F)c1. The molecule has 0 aliphatic carbocycles. The number of halogens is 3. The van der Waals surface area contributed by atoms with Gasteiger partial charge in [0.15, 0.2) is 5.78 Å². The predicted molar refractivity (Wildman–Crippen MR) is 133 cm³/mol. The summed E-state index contributed by atoms with van der Waals surface area (Å²) in [6, 6.07) is 27.1. The summed E-state index contributed by atoms with van der Waals surface area (Å²) in [4.78, 5) is 23.6. The highest BCUT2D eigenvalue weighted by molar-refractivity contribution is 7.48. The summed E-state index contributed by atoms with van der Waals surface area (Å²) in [5.41, 5.74) is 0.222. The minimum atomic E-state index is -4.56. The van der Waals surface area contributed by atoms with Crippen molar-refractivity contribution in [2.45, 2.75) is 18.5 Å². The van der Waals surface area contributed by atoms with Crippen LogP contribution in [0.15, 0.2) is 109 Å². The molecule has 0 fully saturated rings. The number of hydrogen-bond donors (Lipinski definition) is 1. The van der Waals surface area contributed by atoms with Crippen molar-refractivity contribution >= 4 is 13.6 Å². The van der Waals surface area contributed by atoms with E-state index in [1.54, 1.807) is 60.7 Å². The number of phosphoric ester groups is 1. The molecule has 0 radical (unpaired) electrons. The van der Waals surface area contributed by atoms with Crippen LogP contribution in [0.3, 0.4) is 0 Å². The van der Waals surface area contributed by atoms with E-state index in [1.807, 2.05) is 0 Å². The van der Waals surface area contributed by atoms with E-state index in [1.165, 1.54) is 36.4 Å². The number of hydrogen-bond acceptors (Lipinski definition) is 4. The zero-order chi connectivity index (χ0) is 26.5. The molecule has 2 unspecified atom stereocenters. The van der Waals surface area contributed by atoms with E-state index in [9.17, 15) is 27.4 Å². The Labute approximate surface area is 211 Å². The van der Waals surface area contributed by atoms with E-state index < -0.39 is 25.5 Å². The molecule has 5 nitrogen and oxygen atoms in total. The highest BCUT2D eigenvalue weighted by Crippen LogP contribution is 2.44. The van der Waals surface area contributed by atoms with Crippen LogP contribution in [0.2, 0.25) is 0 Å². The molecule has 0 saturated heterocycles. The number of ketones is 1. The summed E-state index contributed by atoms with van der Waals surface area (Å²) < 4.78 is 62.9. The Morgan fingerprint density at radius 3 is 2.05 bits per heavy atom. The summed E-state index contributed by atoms with van der Waals surface area (Å²) in [7, 11) is -4.53. The first kappa shape index (κ1) is 26.2. The molecule has 0 bridgehead atoms. The first-order valence-electron chi connectivity index (χ1n) is 11.2. The van der Waals surface area contributed by atoms with Crippen LogP contribution in [0.1, 0.15) is 33.0 Å². The third kappa shape index (κ3) is 7.09. The number of carbonyl (C=O) groups excluding carboxylic acids is 1. The minimum Gasteiger partial charge on any atom is -0.395 e. The average molecular weight is 526 g/mol. The van der Waals surface area contributed by atoms with Gasteiger partial charge < -0.3 is 9.05 Å². The maximum atomic E-state index is 13.4. The Balaban J connectivity index is 1.62. The molecule has 0 aromatic heterocycles. The molecule has 37 heavy (non-hydrogen) atoms. The molecule has 1 N–H and O–H groups in total. The molecule has 4 rings (SSSR count). The van der Waals surface area contributed by atoms with Gasteiger partial charge in [0.05, 0.1) is 11.5 Å². The van der Waals surface area contributed by atoms with Crippen LogP contribution >= 0.6 is 7.82 Å². The van der Waals surface area contributed by atoms with Crippen molar-refractivity contribution in [3.63, 3.8) is 0 Å². The average Bonchev–Trinajstić information content (AvgIpc) is 2.87. The van der Waals surface area contributed by atoms with Gasteiger partial charge in [0.1, 0.15) is 11.5 Å². The van der Waals surface area contributed by atoms with Crippen molar-refractivity contribution < 1.29 is 36.5 Å². The molecule has 0 heterocycles. The number of alkyl halides is 3. The largest absolute Gasteiger partial charge is 0.584 e. The molecular weight excluding hydrogens is 504 g/mol. The lowest BCUT2D eigenvalue weighted by molar-refractivity contribution is -0.137. The lowest BCUT2D eigenvalue weighted by Crippen LogP contribution is -2.17. The van der Waals surface area contributed by atoms with Crippen LogP contribution in [0.5, 0.6) is 11.5 Å². The summed E-state index contributed by atoms with van der Waals surface area (Å²) in [6.07, 6.45) is -4.54. The van der Waals surface area contributed by atoms with Gasteiger partial charge in [-0.05, 0) is 47.9 Å². The third-order valence-electron chi connectivity index (χ3n) is 5.51. The van der Waals surface area contributed by atoms with Gasteiger partial charge in [-0.25, -0.2) is 4.57 Å². The van der Waals surface area contributed by atoms with Crippen LogP contribution in [0.4, 0.5) is 13.2 Å². The first-order chi connectivity index (χ1) is 17.6. The van der Waals surface area contributed by atoms with E-state index >= 15 is 0 Å². The molecular formula is C28H22F3O5P. The lowest BCUT2D eigenvalue weighted by atomic mass is 9.85.